The van der Waals surface area contributed by atoms with Crippen molar-refractivity contribution in [1.29, 1.82) is 0 Å². The SMILES string of the molecule is C1=CC=C(CNC2=C(c3ccccc3)CC=NO2)CC=C1.CC. The van der Waals surface area contributed by atoms with Gasteiger partial charge in [0.1, 0.15) is 0 Å². The molecule has 120 valence electrons. The smallest absolute Gasteiger partial charge is 0.227 e. The van der Waals surface area contributed by atoms with E-state index < -0.39 is 0 Å². The van der Waals surface area contributed by atoms with Gasteiger partial charge in [-0.15, -0.1) is 0 Å². The van der Waals surface area contributed by atoms with E-state index in [2.05, 4.69) is 46.9 Å². The minimum Gasteiger partial charge on any atom is -0.350 e. The molecular weight excluding hydrogens is 284 g/mol. The van der Waals surface area contributed by atoms with Crippen molar-refractivity contribution < 1.29 is 4.84 Å². The van der Waals surface area contributed by atoms with E-state index in [9.17, 15) is 0 Å². The highest BCUT2D eigenvalue weighted by molar-refractivity contribution is 5.81. The third kappa shape index (κ3) is 4.99. The maximum atomic E-state index is 5.44. The van der Waals surface area contributed by atoms with Crippen molar-refractivity contribution in [3.63, 3.8) is 0 Å². The molecule has 3 nitrogen and oxygen atoms in total. The number of hydrogen-bond acceptors (Lipinski definition) is 3. The van der Waals surface area contributed by atoms with Gasteiger partial charge in [-0.1, -0.05) is 79.7 Å². The summed E-state index contributed by atoms with van der Waals surface area (Å²) >= 11 is 0. The van der Waals surface area contributed by atoms with Gasteiger partial charge in [-0.3, -0.25) is 0 Å². The van der Waals surface area contributed by atoms with Crippen LogP contribution in [0.15, 0.2) is 77.3 Å². The quantitative estimate of drug-likeness (QED) is 0.865. The van der Waals surface area contributed by atoms with E-state index >= 15 is 0 Å². The Kier molecular flexibility index (Phi) is 6.92. The van der Waals surface area contributed by atoms with Gasteiger partial charge in [0.05, 0.1) is 0 Å². The Balaban J connectivity index is 0.000000924. The normalized spacial score (nSPS) is 16.0. The minimum atomic E-state index is 0.752. The molecule has 0 saturated carbocycles. The molecular formula is C20H24N2O. The molecule has 1 aliphatic heterocycles. The summed E-state index contributed by atoms with van der Waals surface area (Å²) in [6.07, 6.45) is 14.0. The van der Waals surface area contributed by atoms with Gasteiger partial charge < -0.3 is 10.2 Å². The maximum absolute atomic E-state index is 5.44. The van der Waals surface area contributed by atoms with Crippen molar-refractivity contribution in [2.45, 2.75) is 26.7 Å². The number of hydrogen-bond donors (Lipinski definition) is 1. The lowest BCUT2D eigenvalue weighted by Gasteiger charge is -2.17. The monoisotopic (exact) mass is 308 g/mol. The molecule has 1 heterocycles. The van der Waals surface area contributed by atoms with Gasteiger partial charge in [0.2, 0.25) is 5.88 Å². The van der Waals surface area contributed by atoms with E-state index in [1.807, 2.05) is 38.1 Å². The van der Waals surface area contributed by atoms with Crippen molar-refractivity contribution in [3.05, 3.63) is 77.7 Å². The van der Waals surface area contributed by atoms with Crippen molar-refractivity contribution in [3.8, 4) is 0 Å². The fourth-order valence-electron chi connectivity index (χ4n) is 2.34. The second kappa shape index (κ2) is 9.46. The second-order valence-electron chi connectivity index (χ2n) is 4.95. The standard InChI is InChI=1S/C18H18N2O.C2H6/c1-2-5-9-15(8-4-1)14-19-18-17(12-13-20-21-18)16-10-6-3-7-11-16;1-2/h1-8,10-11,13,19H,9,12,14H2;1-2H3. The van der Waals surface area contributed by atoms with Gasteiger partial charge in [0.25, 0.3) is 0 Å². The first-order chi connectivity index (χ1) is 11.4. The highest BCUT2D eigenvalue weighted by Crippen LogP contribution is 2.24. The van der Waals surface area contributed by atoms with Crippen LogP contribution in [0.1, 0.15) is 32.3 Å². The minimum absolute atomic E-state index is 0.752. The molecule has 2 aliphatic rings. The number of nitrogens with zero attached hydrogens (tertiary/aromatic N) is 1. The Bertz CT molecular complexity index is 637. The lowest BCUT2D eigenvalue weighted by molar-refractivity contribution is 0.204. The summed E-state index contributed by atoms with van der Waals surface area (Å²) in [5.74, 6) is 0.752. The maximum Gasteiger partial charge on any atom is 0.227 e. The summed E-state index contributed by atoms with van der Waals surface area (Å²) in [4.78, 5) is 5.44. The van der Waals surface area contributed by atoms with Crippen molar-refractivity contribution >= 4 is 11.8 Å². The topological polar surface area (TPSA) is 33.6 Å². The average molecular weight is 308 g/mol. The van der Waals surface area contributed by atoms with Crippen LogP contribution < -0.4 is 5.32 Å². The van der Waals surface area contributed by atoms with Crippen LogP contribution in [0.5, 0.6) is 0 Å². The molecule has 0 atom stereocenters. The van der Waals surface area contributed by atoms with E-state index in [0.29, 0.717) is 0 Å². The van der Waals surface area contributed by atoms with Gasteiger partial charge in [0.15, 0.2) is 0 Å². The lowest BCUT2D eigenvalue weighted by Crippen LogP contribution is -2.21. The van der Waals surface area contributed by atoms with Crippen LogP contribution in [0.3, 0.4) is 0 Å². The third-order valence-electron chi connectivity index (χ3n) is 3.46. The Morgan fingerprint density at radius 2 is 1.87 bits per heavy atom. The number of rotatable bonds is 4. The summed E-state index contributed by atoms with van der Waals surface area (Å²) in [7, 11) is 0. The molecule has 0 bridgehead atoms. The van der Waals surface area contributed by atoms with E-state index in [4.69, 9.17) is 4.84 Å². The van der Waals surface area contributed by atoms with Crippen LogP contribution in [0.25, 0.3) is 5.57 Å². The molecule has 3 rings (SSSR count). The Hall–Kier alpha value is -2.55. The molecule has 1 aliphatic carbocycles. The molecule has 0 unspecified atom stereocenters. The largest absolute Gasteiger partial charge is 0.350 e. The van der Waals surface area contributed by atoms with E-state index in [0.717, 1.165) is 30.8 Å². The average Bonchev–Trinajstić information content (AvgIpc) is 2.91. The van der Waals surface area contributed by atoms with Crippen LogP contribution in [-0.2, 0) is 4.84 Å². The molecule has 23 heavy (non-hydrogen) atoms. The van der Waals surface area contributed by atoms with Crippen LogP contribution >= 0.6 is 0 Å². The third-order valence-corrected chi connectivity index (χ3v) is 3.46. The summed E-state index contributed by atoms with van der Waals surface area (Å²) in [5, 5.41) is 7.30. The molecule has 0 aromatic heterocycles. The summed E-state index contributed by atoms with van der Waals surface area (Å²) in [6, 6.07) is 10.3. The van der Waals surface area contributed by atoms with Gasteiger partial charge in [-0.25, -0.2) is 0 Å². The Morgan fingerprint density at radius 1 is 1.04 bits per heavy atom. The predicted octanol–water partition coefficient (Wildman–Crippen LogP) is 4.82. The van der Waals surface area contributed by atoms with Crippen LogP contribution in [0.4, 0.5) is 0 Å². The highest BCUT2D eigenvalue weighted by Gasteiger charge is 2.14. The molecule has 0 amide bonds. The molecule has 3 heteroatoms. The molecule has 0 radical (unpaired) electrons. The van der Waals surface area contributed by atoms with E-state index in [-0.39, 0.29) is 0 Å². The molecule has 1 N–H and O–H groups in total. The van der Waals surface area contributed by atoms with Crippen LogP contribution in [-0.4, -0.2) is 12.8 Å². The summed E-state index contributed by atoms with van der Waals surface area (Å²) < 4.78 is 0. The molecule has 0 saturated heterocycles. The first-order valence-corrected chi connectivity index (χ1v) is 8.16. The zero-order valence-corrected chi connectivity index (χ0v) is 13.8. The lowest BCUT2D eigenvalue weighted by atomic mass is 10.0. The fraction of sp³-hybridized carbons (Fsp3) is 0.250. The van der Waals surface area contributed by atoms with Crippen molar-refractivity contribution in [2.24, 2.45) is 5.16 Å². The molecule has 1 aromatic carbocycles. The summed E-state index contributed by atoms with van der Waals surface area (Å²) in [6.45, 7) is 4.76. The number of benzene rings is 1. The first kappa shape index (κ1) is 16.8. The first-order valence-electron chi connectivity index (χ1n) is 8.16. The molecule has 1 aromatic rings. The summed E-state index contributed by atoms with van der Waals surface area (Å²) in [5.41, 5.74) is 3.63. The highest BCUT2D eigenvalue weighted by atomic mass is 16.6. The number of nitrogens with one attached hydrogen (secondary N) is 1. The van der Waals surface area contributed by atoms with Gasteiger partial charge in [-0.2, -0.15) is 0 Å². The van der Waals surface area contributed by atoms with Crippen LogP contribution in [0, 0.1) is 0 Å². The van der Waals surface area contributed by atoms with Crippen LogP contribution in [0.2, 0.25) is 0 Å². The van der Waals surface area contributed by atoms with E-state index in [1.165, 1.54) is 11.1 Å². The molecule has 0 fully saturated rings. The second-order valence-corrected chi connectivity index (χ2v) is 4.95. The number of oxime groups is 1. The van der Waals surface area contributed by atoms with Gasteiger partial charge >= 0.3 is 0 Å². The van der Waals surface area contributed by atoms with Crippen molar-refractivity contribution in [1.82, 2.24) is 5.32 Å². The molecule has 0 spiro atoms. The predicted molar refractivity (Wildman–Crippen MR) is 97.9 cm³/mol. The zero-order valence-electron chi connectivity index (χ0n) is 13.8. The van der Waals surface area contributed by atoms with Gasteiger partial charge in [0, 0.05) is 24.8 Å². The Labute approximate surface area is 138 Å². The fourth-order valence-corrected chi connectivity index (χ4v) is 2.34. The Morgan fingerprint density at radius 3 is 2.70 bits per heavy atom. The van der Waals surface area contributed by atoms with Crippen molar-refractivity contribution in [2.75, 3.05) is 6.54 Å². The van der Waals surface area contributed by atoms with Gasteiger partial charge in [-0.05, 0) is 17.6 Å². The number of allylic oxidation sites excluding steroid dienone is 6. The van der Waals surface area contributed by atoms with E-state index in [1.54, 1.807) is 6.21 Å². The zero-order chi connectivity index (χ0) is 16.3.